The second-order valence-corrected chi connectivity index (χ2v) is 8.06. The van der Waals surface area contributed by atoms with Crippen LogP contribution in [0.5, 0.6) is 0 Å². The molecular weight excluding hydrogens is 406 g/mol. The average molecular weight is 423 g/mol. The van der Waals surface area contributed by atoms with Crippen LogP contribution in [-0.2, 0) is 16.6 Å². The molecule has 0 radical (unpaired) electrons. The number of fused-ring (bicyclic) bond motifs is 1. The van der Waals surface area contributed by atoms with Crippen LogP contribution in [0, 0.1) is 0 Å². The maximum absolute atomic E-state index is 12.4. The Balaban J connectivity index is 1.76. The number of H-pyrrole nitrogens is 1. The number of sulfonamides is 1. The molecule has 6 N–H and O–H groups in total. The molecule has 0 saturated heterocycles. The lowest BCUT2D eigenvalue weighted by Crippen LogP contribution is -2.13. The fraction of sp³-hybridized carbons (Fsp3) is 0.0526. The summed E-state index contributed by atoms with van der Waals surface area (Å²) in [5.74, 6) is 0.478. The molecule has 30 heavy (non-hydrogen) atoms. The number of anilines is 2. The molecule has 0 aliphatic carbocycles. The Morgan fingerprint density at radius 2 is 1.87 bits per heavy atom. The van der Waals surface area contributed by atoms with Gasteiger partial charge in [-0.2, -0.15) is 0 Å². The second kappa shape index (κ2) is 7.54. The van der Waals surface area contributed by atoms with Crippen LogP contribution in [0.4, 0.5) is 11.8 Å². The van der Waals surface area contributed by atoms with E-state index in [1.807, 2.05) is 0 Å². The summed E-state index contributed by atoms with van der Waals surface area (Å²) in [6.07, 6.45) is 4.64. The minimum atomic E-state index is -3.82. The van der Waals surface area contributed by atoms with Gasteiger partial charge in [-0.25, -0.2) is 28.5 Å². The molecule has 0 amide bonds. The van der Waals surface area contributed by atoms with E-state index in [2.05, 4.69) is 25.3 Å². The number of nitrogens with zero attached hydrogens (tertiary/aromatic N) is 3. The van der Waals surface area contributed by atoms with Gasteiger partial charge in [0.15, 0.2) is 0 Å². The first kappa shape index (κ1) is 19.5. The topological polar surface area (TPSA) is 170 Å². The maximum Gasteiger partial charge on any atom is 0.259 e. The number of pyridine rings is 2. The van der Waals surface area contributed by atoms with Gasteiger partial charge >= 0.3 is 0 Å². The SMILES string of the molecule is Nc1ncc(-c2cc3cc[nH]c(=O)c3c(NCc3cccc(S(N)(=O)=O)c3)n2)cn1. The third-order valence-corrected chi connectivity index (χ3v) is 5.32. The molecule has 0 fully saturated rings. The zero-order chi connectivity index (χ0) is 21.3. The third kappa shape index (κ3) is 3.97. The smallest absolute Gasteiger partial charge is 0.259 e. The summed E-state index contributed by atoms with van der Waals surface area (Å²) in [5.41, 5.74) is 7.08. The van der Waals surface area contributed by atoms with Gasteiger partial charge in [0.05, 0.1) is 16.0 Å². The standard InChI is InChI=1S/C19H17N7O3S/c20-19-24-9-13(10-25-19)15-7-12-4-5-22-18(27)16(12)17(26-15)23-8-11-2-1-3-14(6-11)30(21,28)29/h1-7,9-10H,8H2,(H,22,27)(H,23,26)(H2,20,24,25)(H2,21,28,29). The molecule has 0 unspecified atom stereocenters. The molecule has 3 aromatic heterocycles. The van der Waals surface area contributed by atoms with E-state index >= 15 is 0 Å². The maximum atomic E-state index is 12.4. The van der Waals surface area contributed by atoms with E-state index < -0.39 is 10.0 Å². The molecule has 0 aliphatic heterocycles. The fourth-order valence-electron chi connectivity index (χ4n) is 2.98. The van der Waals surface area contributed by atoms with Crippen molar-refractivity contribution < 1.29 is 8.42 Å². The number of nitrogen functional groups attached to an aromatic ring is 1. The van der Waals surface area contributed by atoms with Crippen LogP contribution in [0.1, 0.15) is 5.56 Å². The third-order valence-electron chi connectivity index (χ3n) is 4.41. The van der Waals surface area contributed by atoms with Crippen LogP contribution < -0.4 is 21.7 Å². The lowest BCUT2D eigenvalue weighted by Gasteiger charge is -2.11. The largest absolute Gasteiger partial charge is 0.368 e. The molecule has 4 rings (SSSR count). The highest BCUT2D eigenvalue weighted by Gasteiger charge is 2.13. The first-order chi connectivity index (χ1) is 14.3. The van der Waals surface area contributed by atoms with Gasteiger partial charge in [-0.15, -0.1) is 0 Å². The lowest BCUT2D eigenvalue weighted by atomic mass is 10.1. The summed E-state index contributed by atoms with van der Waals surface area (Å²) in [5, 5.41) is 9.35. The van der Waals surface area contributed by atoms with Gasteiger partial charge in [-0.05, 0) is 35.2 Å². The van der Waals surface area contributed by atoms with Crippen molar-refractivity contribution in [1.82, 2.24) is 19.9 Å². The minimum absolute atomic E-state index is 0.00485. The Labute approximate surface area is 171 Å². The number of nitrogens with one attached hydrogen (secondary N) is 2. The second-order valence-electron chi connectivity index (χ2n) is 6.50. The summed E-state index contributed by atoms with van der Waals surface area (Å²) in [6.45, 7) is 0.224. The quantitative estimate of drug-likeness (QED) is 0.371. The van der Waals surface area contributed by atoms with Crippen molar-refractivity contribution >= 4 is 32.6 Å². The highest BCUT2D eigenvalue weighted by Crippen LogP contribution is 2.25. The summed E-state index contributed by atoms with van der Waals surface area (Å²) >= 11 is 0. The Kier molecular flexibility index (Phi) is 4.90. The van der Waals surface area contributed by atoms with E-state index in [0.717, 1.165) is 0 Å². The highest BCUT2D eigenvalue weighted by atomic mass is 32.2. The fourth-order valence-corrected chi connectivity index (χ4v) is 3.56. The van der Waals surface area contributed by atoms with Crippen LogP contribution in [0.3, 0.4) is 0 Å². The zero-order valence-electron chi connectivity index (χ0n) is 15.5. The van der Waals surface area contributed by atoms with Gasteiger partial charge in [0, 0.05) is 30.7 Å². The van der Waals surface area contributed by atoms with Gasteiger partial charge in [0.2, 0.25) is 16.0 Å². The first-order valence-electron chi connectivity index (χ1n) is 8.77. The molecule has 152 valence electrons. The molecule has 0 spiro atoms. The van der Waals surface area contributed by atoms with E-state index in [9.17, 15) is 13.2 Å². The number of primary sulfonamides is 1. The van der Waals surface area contributed by atoms with Crippen LogP contribution in [0.2, 0.25) is 0 Å². The van der Waals surface area contributed by atoms with Gasteiger partial charge in [-0.3, -0.25) is 4.79 Å². The van der Waals surface area contributed by atoms with E-state index in [1.54, 1.807) is 42.9 Å². The monoisotopic (exact) mass is 423 g/mol. The number of rotatable bonds is 5. The van der Waals surface area contributed by atoms with E-state index in [1.165, 1.54) is 12.1 Å². The van der Waals surface area contributed by atoms with Crippen molar-refractivity contribution in [2.45, 2.75) is 11.4 Å². The summed E-state index contributed by atoms with van der Waals surface area (Å²) < 4.78 is 23.2. The molecular formula is C19H17N7O3S. The number of benzene rings is 1. The predicted octanol–water partition coefficient (Wildman–Crippen LogP) is 1.22. The molecule has 10 nitrogen and oxygen atoms in total. The number of aromatic amines is 1. The first-order valence-corrected chi connectivity index (χ1v) is 10.3. The molecule has 11 heteroatoms. The Morgan fingerprint density at radius 3 is 2.60 bits per heavy atom. The lowest BCUT2D eigenvalue weighted by molar-refractivity contribution is 0.597. The van der Waals surface area contributed by atoms with Crippen LogP contribution in [0.15, 0.2) is 64.7 Å². The van der Waals surface area contributed by atoms with Crippen molar-refractivity contribution in [3.05, 3.63) is 70.9 Å². The number of aromatic nitrogens is 4. The van der Waals surface area contributed by atoms with Crippen molar-refractivity contribution in [2.24, 2.45) is 5.14 Å². The van der Waals surface area contributed by atoms with Crippen LogP contribution in [0.25, 0.3) is 22.0 Å². The molecule has 0 atom stereocenters. The van der Waals surface area contributed by atoms with Crippen molar-refractivity contribution in [1.29, 1.82) is 0 Å². The summed E-state index contributed by atoms with van der Waals surface area (Å²) in [6, 6.07) is 9.73. The highest BCUT2D eigenvalue weighted by molar-refractivity contribution is 7.89. The van der Waals surface area contributed by atoms with Crippen molar-refractivity contribution in [2.75, 3.05) is 11.1 Å². The summed E-state index contributed by atoms with van der Waals surface area (Å²) in [7, 11) is -3.82. The summed E-state index contributed by atoms with van der Waals surface area (Å²) in [4.78, 5) is 27.6. The molecule has 4 aromatic rings. The molecule has 1 aromatic carbocycles. The van der Waals surface area contributed by atoms with Crippen molar-refractivity contribution in [3.8, 4) is 11.3 Å². The molecule has 0 aliphatic rings. The Hall–Kier alpha value is -3.83. The van der Waals surface area contributed by atoms with E-state index in [0.29, 0.717) is 33.4 Å². The minimum Gasteiger partial charge on any atom is -0.368 e. The zero-order valence-corrected chi connectivity index (χ0v) is 16.3. The number of hydrogen-bond donors (Lipinski definition) is 4. The van der Waals surface area contributed by atoms with E-state index in [4.69, 9.17) is 10.9 Å². The van der Waals surface area contributed by atoms with E-state index in [-0.39, 0.29) is 22.9 Å². The van der Waals surface area contributed by atoms with Crippen LogP contribution >= 0.6 is 0 Å². The number of hydrogen-bond acceptors (Lipinski definition) is 8. The molecule has 3 heterocycles. The van der Waals surface area contributed by atoms with Gasteiger partial charge in [0.25, 0.3) is 5.56 Å². The van der Waals surface area contributed by atoms with Gasteiger partial charge in [0.1, 0.15) is 5.82 Å². The van der Waals surface area contributed by atoms with Gasteiger partial charge < -0.3 is 16.0 Å². The average Bonchev–Trinajstić information content (AvgIpc) is 2.72. The number of nitrogens with two attached hydrogens (primary N) is 2. The molecule has 0 bridgehead atoms. The van der Waals surface area contributed by atoms with Crippen molar-refractivity contribution in [3.63, 3.8) is 0 Å². The normalized spacial score (nSPS) is 11.5. The van der Waals surface area contributed by atoms with Gasteiger partial charge in [-0.1, -0.05) is 12.1 Å². The van der Waals surface area contributed by atoms with Crippen LogP contribution in [-0.4, -0.2) is 28.4 Å². The predicted molar refractivity (Wildman–Crippen MR) is 113 cm³/mol. The molecule has 0 saturated carbocycles. The Morgan fingerprint density at radius 1 is 1.10 bits per heavy atom. The Bertz CT molecular complexity index is 1400.